The molecule has 0 aliphatic carbocycles. The van der Waals surface area contributed by atoms with E-state index in [1.54, 1.807) is 0 Å². The number of piperidine rings is 1. The lowest BCUT2D eigenvalue weighted by molar-refractivity contribution is -0.132. The van der Waals surface area contributed by atoms with Gasteiger partial charge in [-0.15, -0.1) is 0 Å². The Labute approximate surface area is 74.7 Å². The summed E-state index contributed by atoms with van der Waals surface area (Å²) in [6.45, 7) is 10.3. The molecule has 1 N–H and O–H groups in total. The van der Waals surface area contributed by atoms with E-state index in [1.807, 2.05) is 20.8 Å². The highest BCUT2D eigenvalue weighted by atomic mass is 16.1. The Morgan fingerprint density at radius 2 is 1.83 bits per heavy atom. The Morgan fingerprint density at radius 3 is 2.25 bits per heavy atom. The van der Waals surface area contributed by atoms with Gasteiger partial charge in [0, 0.05) is 11.5 Å². The molecule has 0 saturated carbocycles. The van der Waals surface area contributed by atoms with Gasteiger partial charge in [-0.05, 0) is 34.1 Å². The molecular weight excluding hydrogens is 150 g/mol. The summed E-state index contributed by atoms with van der Waals surface area (Å²) in [6, 6.07) is 0. The molecule has 1 rings (SSSR count). The fourth-order valence-electron chi connectivity index (χ4n) is 2.43. The van der Waals surface area contributed by atoms with Crippen molar-refractivity contribution in [3.8, 4) is 0 Å². The van der Waals surface area contributed by atoms with Gasteiger partial charge in [-0.3, -0.25) is 4.79 Å². The summed E-state index contributed by atoms with van der Waals surface area (Å²) >= 11 is 0. The van der Waals surface area contributed by atoms with E-state index < -0.39 is 0 Å². The van der Waals surface area contributed by atoms with E-state index in [9.17, 15) is 4.79 Å². The van der Waals surface area contributed by atoms with Gasteiger partial charge in [-0.25, -0.2) is 0 Å². The molecule has 1 aliphatic heterocycles. The maximum atomic E-state index is 11.7. The first-order valence-electron chi connectivity index (χ1n) is 4.58. The minimum absolute atomic E-state index is 0.0941. The number of hydrogen-bond donors (Lipinski definition) is 1. The average molecular weight is 169 g/mol. The number of ketones is 1. The Morgan fingerprint density at radius 1 is 1.33 bits per heavy atom. The first kappa shape index (κ1) is 9.72. The van der Waals surface area contributed by atoms with Crippen molar-refractivity contribution in [1.82, 2.24) is 5.32 Å². The SMILES string of the molecule is CC1CC(C)(C)NC(C)(C)C1=O. The first-order chi connectivity index (χ1) is 5.25. The summed E-state index contributed by atoms with van der Waals surface area (Å²) in [5.41, 5.74) is -0.252. The third kappa shape index (κ3) is 1.69. The Bertz CT molecular complexity index is 206. The fraction of sp³-hybridized carbons (Fsp3) is 0.900. The van der Waals surface area contributed by atoms with Crippen molar-refractivity contribution in [2.75, 3.05) is 0 Å². The smallest absolute Gasteiger partial charge is 0.155 e. The number of Topliss-reactive ketones (excluding diaryl/α,β-unsaturated/α-hetero) is 1. The second-order valence-corrected chi connectivity index (χ2v) is 5.10. The minimum atomic E-state index is -0.346. The molecule has 1 aliphatic rings. The Balaban J connectivity index is 2.87. The average Bonchev–Trinajstić information content (AvgIpc) is 1.79. The highest BCUT2D eigenvalue weighted by molar-refractivity contribution is 5.90. The van der Waals surface area contributed by atoms with Crippen molar-refractivity contribution in [2.45, 2.75) is 52.1 Å². The van der Waals surface area contributed by atoms with Gasteiger partial charge in [0.15, 0.2) is 5.78 Å². The van der Waals surface area contributed by atoms with Gasteiger partial charge in [0.25, 0.3) is 0 Å². The molecule has 2 nitrogen and oxygen atoms in total. The zero-order valence-corrected chi connectivity index (χ0v) is 8.69. The van der Waals surface area contributed by atoms with Gasteiger partial charge in [0.2, 0.25) is 0 Å². The van der Waals surface area contributed by atoms with Gasteiger partial charge >= 0.3 is 0 Å². The minimum Gasteiger partial charge on any atom is -0.300 e. The molecule has 1 atom stereocenters. The first-order valence-corrected chi connectivity index (χ1v) is 4.58. The highest BCUT2D eigenvalue weighted by Crippen LogP contribution is 2.29. The van der Waals surface area contributed by atoms with Gasteiger partial charge in [0.1, 0.15) is 0 Å². The second kappa shape index (κ2) is 2.56. The molecule has 1 heterocycles. The molecule has 70 valence electrons. The third-order valence-corrected chi connectivity index (χ3v) is 2.53. The predicted octanol–water partition coefficient (Wildman–Crippen LogP) is 1.74. The van der Waals surface area contributed by atoms with E-state index in [-0.39, 0.29) is 17.0 Å². The largest absolute Gasteiger partial charge is 0.300 e. The van der Waals surface area contributed by atoms with Crippen LogP contribution < -0.4 is 5.32 Å². The van der Waals surface area contributed by atoms with Crippen LogP contribution >= 0.6 is 0 Å². The summed E-state index contributed by atoms with van der Waals surface area (Å²) in [6.07, 6.45) is 0.940. The van der Waals surface area contributed by atoms with E-state index in [1.165, 1.54) is 0 Å². The lowest BCUT2D eigenvalue weighted by atomic mass is 9.76. The molecule has 0 aromatic heterocycles. The van der Waals surface area contributed by atoms with E-state index in [0.29, 0.717) is 5.78 Å². The lowest BCUT2D eigenvalue weighted by Gasteiger charge is -2.44. The van der Waals surface area contributed by atoms with E-state index >= 15 is 0 Å². The van der Waals surface area contributed by atoms with Gasteiger partial charge in [-0.1, -0.05) is 6.92 Å². The molecule has 1 saturated heterocycles. The monoisotopic (exact) mass is 169 g/mol. The van der Waals surface area contributed by atoms with Crippen LogP contribution in [0.2, 0.25) is 0 Å². The number of carbonyl (C=O) groups excluding carboxylic acids is 1. The predicted molar refractivity (Wildman–Crippen MR) is 50.1 cm³/mol. The zero-order valence-electron chi connectivity index (χ0n) is 8.69. The normalized spacial score (nSPS) is 33.4. The van der Waals surface area contributed by atoms with Crippen LogP contribution in [0.3, 0.4) is 0 Å². The topological polar surface area (TPSA) is 29.1 Å². The molecule has 0 radical (unpaired) electrons. The van der Waals surface area contributed by atoms with Crippen molar-refractivity contribution in [3.05, 3.63) is 0 Å². The van der Waals surface area contributed by atoms with Crippen LogP contribution in [0, 0.1) is 5.92 Å². The van der Waals surface area contributed by atoms with Crippen LogP contribution in [0.4, 0.5) is 0 Å². The molecular formula is C10H19NO. The van der Waals surface area contributed by atoms with Gasteiger partial charge in [0.05, 0.1) is 5.54 Å². The van der Waals surface area contributed by atoms with Crippen LogP contribution in [0.1, 0.15) is 41.0 Å². The molecule has 12 heavy (non-hydrogen) atoms. The summed E-state index contributed by atoms with van der Waals surface area (Å²) in [5.74, 6) is 0.526. The van der Waals surface area contributed by atoms with E-state index in [4.69, 9.17) is 0 Å². The van der Waals surface area contributed by atoms with E-state index in [2.05, 4.69) is 19.2 Å². The highest BCUT2D eigenvalue weighted by Gasteiger charge is 2.42. The summed E-state index contributed by atoms with van der Waals surface area (Å²) in [5, 5.41) is 3.36. The number of rotatable bonds is 0. The quantitative estimate of drug-likeness (QED) is 0.598. The molecule has 0 spiro atoms. The van der Waals surface area contributed by atoms with Crippen molar-refractivity contribution >= 4 is 5.78 Å². The van der Waals surface area contributed by atoms with E-state index in [0.717, 1.165) is 6.42 Å². The fourth-order valence-corrected chi connectivity index (χ4v) is 2.43. The van der Waals surface area contributed by atoms with Gasteiger partial charge < -0.3 is 5.32 Å². The third-order valence-electron chi connectivity index (χ3n) is 2.53. The van der Waals surface area contributed by atoms with Crippen LogP contribution in [0.25, 0.3) is 0 Å². The van der Waals surface area contributed by atoms with Crippen molar-refractivity contribution < 1.29 is 4.79 Å². The second-order valence-electron chi connectivity index (χ2n) is 5.10. The standard InChI is InChI=1S/C10H19NO/c1-7-6-9(2,3)11-10(4,5)8(7)12/h7,11H,6H2,1-5H3. The molecule has 1 fully saturated rings. The number of nitrogens with one attached hydrogen (secondary N) is 1. The molecule has 0 aromatic carbocycles. The number of carbonyl (C=O) groups is 1. The summed E-state index contributed by atoms with van der Waals surface area (Å²) in [4.78, 5) is 11.7. The molecule has 0 aromatic rings. The number of hydrogen-bond acceptors (Lipinski definition) is 2. The Hall–Kier alpha value is -0.370. The van der Waals surface area contributed by atoms with Crippen LogP contribution in [-0.4, -0.2) is 16.9 Å². The molecule has 1 unspecified atom stereocenters. The van der Waals surface area contributed by atoms with Crippen LogP contribution in [-0.2, 0) is 4.79 Å². The van der Waals surface area contributed by atoms with Crippen LogP contribution in [0.15, 0.2) is 0 Å². The summed E-state index contributed by atoms with van der Waals surface area (Å²) in [7, 11) is 0. The maximum absolute atomic E-state index is 11.7. The molecule has 2 heteroatoms. The Kier molecular flexibility index (Phi) is 2.07. The molecule has 0 amide bonds. The van der Waals surface area contributed by atoms with Crippen molar-refractivity contribution in [2.24, 2.45) is 5.92 Å². The van der Waals surface area contributed by atoms with Crippen molar-refractivity contribution in [3.63, 3.8) is 0 Å². The van der Waals surface area contributed by atoms with Gasteiger partial charge in [-0.2, -0.15) is 0 Å². The summed E-state index contributed by atoms with van der Waals surface area (Å²) < 4.78 is 0. The zero-order chi connectivity index (χ0) is 9.57. The lowest BCUT2D eigenvalue weighted by Crippen LogP contribution is -2.62. The van der Waals surface area contributed by atoms with Crippen LogP contribution in [0.5, 0.6) is 0 Å². The van der Waals surface area contributed by atoms with Crippen molar-refractivity contribution in [1.29, 1.82) is 0 Å². The maximum Gasteiger partial charge on any atom is 0.155 e. The molecule has 0 bridgehead atoms.